The predicted octanol–water partition coefficient (Wildman–Crippen LogP) is 4.90. The van der Waals surface area contributed by atoms with Crippen LogP contribution in [0, 0.1) is 5.82 Å². The first kappa shape index (κ1) is 31.8. The molecule has 11 nitrogen and oxygen atoms in total. The van der Waals surface area contributed by atoms with Gasteiger partial charge in [0.2, 0.25) is 11.8 Å². The van der Waals surface area contributed by atoms with E-state index in [1.807, 2.05) is 7.05 Å². The van der Waals surface area contributed by atoms with Crippen molar-refractivity contribution in [3.63, 3.8) is 0 Å². The lowest BCUT2D eigenvalue weighted by Crippen LogP contribution is -2.45. The van der Waals surface area contributed by atoms with Crippen molar-refractivity contribution in [1.29, 1.82) is 0 Å². The van der Waals surface area contributed by atoms with Crippen LogP contribution in [-0.2, 0) is 6.18 Å². The van der Waals surface area contributed by atoms with Crippen molar-refractivity contribution in [2.75, 3.05) is 39.2 Å². The summed E-state index contributed by atoms with van der Waals surface area (Å²) in [5, 5.41) is 8.23. The molecule has 0 saturated carbocycles. The molecule has 240 valence electrons. The monoisotopic (exact) mass is 632 g/mol. The summed E-state index contributed by atoms with van der Waals surface area (Å²) in [7, 11) is 3.27. The van der Waals surface area contributed by atoms with Crippen LogP contribution in [0.4, 0.5) is 29.2 Å². The Labute approximate surface area is 256 Å². The zero-order valence-corrected chi connectivity index (χ0v) is 25.0. The fourth-order valence-corrected chi connectivity index (χ4v) is 4.94. The number of ether oxygens (including phenoxy) is 3. The van der Waals surface area contributed by atoms with Gasteiger partial charge in [-0.25, -0.2) is 9.37 Å². The zero-order valence-electron chi connectivity index (χ0n) is 25.0. The maximum Gasteiger partial charge on any atom is 0.423 e. The van der Waals surface area contributed by atoms with Crippen LogP contribution in [0.5, 0.6) is 23.1 Å². The van der Waals surface area contributed by atoms with Gasteiger partial charge in [-0.3, -0.25) is 9.59 Å². The minimum atomic E-state index is -4.92. The van der Waals surface area contributed by atoms with Crippen molar-refractivity contribution < 1.29 is 41.4 Å². The SMILES string of the molecule is COc1cc(C(=O)NC2CCN(C)CC2)c(F)cc1Nc1ncc(C(F)(F)F)c(Oc2cccc3c2C(=O)NC(C)(C)CO3)n1. The number of carbonyl (C=O) groups is 2. The molecular formula is C30H32F4N6O5. The number of halogens is 4. The largest absolute Gasteiger partial charge is 0.495 e. The molecule has 45 heavy (non-hydrogen) atoms. The predicted molar refractivity (Wildman–Crippen MR) is 155 cm³/mol. The fourth-order valence-electron chi connectivity index (χ4n) is 4.94. The number of alkyl halides is 3. The molecule has 2 aromatic carbocycles. The number of amides is 2. The molecular weight excluding hydrogens is 600 g/mol. The molecule has 0 unspecified atom stereocenters. The summed E-state index contributed by atoms with van der Waals surface area (Å²) in [6, 6.07) is 6.31. The highest BCUT2D eigenvalue weighted by Gasteiger charge is 2.38. The van der Waals surface area contributed by atoms with Crippen LogP contribution >= 0.6 is 0 Å². The number of nitrogens with one attached hydrogen (secondary N) is 3. The normalized spacial score (nSPS) is 16.9. The molecule has 0 radical (unpaired) electrons. The summed E-state index contributed by atoms with van der Waals surface area (Å²) in [4.78, 5) is 35.6. The Balaban J connectivity index is 1.44. The first-order valence-corrected chi connectivity index (χ1v) is 14.1. The summed E-state index contributed by atoms with van der Waals surface area (Å²) in [5.41, 5.74) is -2.50. The number of piperidine rings is 1. The molecule has 3 N–H and O–H groups in total. The Hall–Kier alpha value is -4.66. The van der Waals surface area contributed by atoms with Crippen molar-refractivity contribution in [2.24, 2.45) is 0 Å². The van der Waals surface area contributed by atoms with Gasteiger partial charge in [-0.15, -0.1) is 0 Å². The number of methoxy groups -OCH3 is 1. The summed E-state index contributed by atoms with van der Waals surface area (Å²) in [6.07, 6.45) is -2.99. The van der Waals surface area contributed by atoms with E-state index < -0.39 is 46.7 Å². The second-order valence-electron chi connectivity index (χ2n) is 11.5. The number of anilines is 2. The van der Waals surface area contributed by atoms with E-state index in [0.29, 0.717) is 6.20 Å². The van der Waals surface area contributed by atoms with Gasteiger partial charge in [0.15, 0.2) is 0 Å². The molecule has 0 spiro atoms. The molecule has 2 aliphatic heterocycles. The van der Waals surface area contributed by atoms with Crippen LogP contribution in [-0.4, -0.2) is 72.1 Å². The van der Waals surface area contributed by atoms with Crippen LogP contribution in [0.2, 0.25) is 0 Å². The molecule has 15 heteroatoms. The molecule has 3 heterocycles. The number of nitrogens with zero attached hydrogens (tertiary/aromatic N) is 3. The fraction of sp³-hybridized carbons (Fsp3) is 0.400. The minimum Gasteiger partial charge on any atom is -0.495 e. The molecule has 0 bridgehead atoms. The van der Waals surface area contributed by atoms with Gasteiger partial charge in [-0.05, 0) is 65.0 Å². The Morgan fingerprint density at radius 3 is 2.60 bits per heavy atom. The third-order valence-electron chi connectivity index (χ3n) is 7.36. The van der Waals surface area contributed by atoms with Crippen molar-refractivity contribution >= 4 is 23.5 Å². The van der Waals surface area contributed by atoms with E-state index in [9.17, 15) is 22.8 Å². The number of benzene rings is 2. The standard InChI is InChI=1S/C30H32F4N6O5/c1-29(2)15-44-21-6-5-7-22(24(21)26(42)39-29)45-27-18(30(32,33)34)14-35-28(38-27)37-20-13-19(31)17(12-23(20)43-4)25(41)36-16-8-10-40(3)11-9-16/h5-7,12-14,16H,8-11,15H2,1-4H3,(H,36,41)(H,39,42)(H,35,37,38). The summed E-state index contributed by atoms with van der Waals surface area (Å²) < 4.78 is 73.8. The van der Waals surface area contributed by atoms with Gasteiger partial charge >= 0.3 is 6.18 Å². The van der Waals surface area contributed by atoms with E-state index in [2.05, 4.69) is 30.8 Å². The second kappa shape index (κ2) is 12.4. The van der Waals surface area contributed by atoms with E-state index >= 15 is 4.39 Å². The smallest absolute Gasteiger partial charge is 0.423 e. The topological polar surface area (TPSA) is 127 Å². The van der Waals surface area contributed by atoms with E-state index in [1.54, 1.807) is 13.8 Å². The van der Waals surface area contributed by atoms with Gasteiger partial charge in [-0.1, -0.05) is 6.07 Å². The zero-order chi connectivity index (χ0) is 32.5. The molecule has 5 rings (SSSR count). The summed E-state index contributed by atoms with van der Waals surface area (Å²) in [6.45, 7) is 5.16. The summed E-state index contributed by atoms with van der Waals surface area (Å²) >= 11 is 0. The van der Waals surface area contributed by atoms with Crippen LogP contribution in [0.15, 0.2) is 36.5 Å². The Morgan fingerprint density at radius 1 is 1.18 bits per heavy atom. The maximum absolute atomic E-state index is 15.2. The van der Waals surface area contributed by atoms with Gasteiger partial charge < -0.3 is 35.1 Å². The highest BCUT2D eigenvalue weighted by Crippen LogP contribution is 2.40. The van der Waals surface area contributed by atoms with E-state index in [1.165, 1.54) is 31.4 Å². The molecule has 2 aliphatic rings. The Kier molecular flexibility index (Phi) is 8.74. The molecule has 0 aliphatic carbocycles. The Bertz CT molecular complexity index is 1610. The van der Waals surface area contributed by atoms with E-state index in [0.717, 1.165) is 32.0 Å². The van der Waals surface area contributed by atoms with Crippen molar-refractivity contribution in [2.45, 2.75) is 44.4 Å². The number of likely N-dealkylation sites (tertiary alicyclic amines) is 1. The van der Waals surface area contributed by atoms with Crippen molar-refractivity contribution in [3.8, 4) is 23.1 Å². The molecule has 1 aromatic heterocycles. The van der Waals surface area contributed by atoms with Gasteiger partial charge in [0.1, 0.15) is 40.8 Å². The highest BCUT2D eigenvalue weighted by molar-refractivity contribution is 6.00. The molecule has 0 atom stereocenters. The molecule has 2 amide bonds. The van der Waals surface area contributed by atoms with Crippen LogP contribution in [0.1, 0.15) is 53.0 Å². The van der Waals surface area contributed by atoms with Crippen LogP contribution in [0.25, 0.3) is 0 Å². The second-order valence-corrected chi connectivity index (χ2v) is 11.5. The average molecular weight is 633 g/mol. The quantitative estimate of drug-likeness (QED) is 0.312. The molecule has 1 saturated heterocycles. The van der Waals surface area contributed by atoms with E-state index in [4.69, 9.17) is 14.2 Å². The number of aromatic nitrogens is 2. The number of carbonyl (C=O) groups excluding carboxylic acids is 2. The molecule has 3 aromatic rings. The highest BCUT2D eigenvalue weighted by atomic mass is 19.4. The number of hydrogen-bond donors (Lipinski definition) is 3. The summed E-state index contributed by atoms with van der Waals surface area (Å²) in [5.74, 6) is -3.54. The lowest BCUT2D eigenvalue weighted by Gasteiger charge is -2.29. The first-order valence-electron chi connectivity index (χ1n) is 14.1. The van der Waals surface area contributed by atoms with Gasteiger partial charge in [0, 0.05) is 18.3 Å². The maximum atomic E-state index is 15.2. The molecule has 1 fully saturated rings. The van der Waals surface area contributed by atoms with E-state index in [-0.39, 0.29) is 46.7 Å². The minimum absolute atomic E-state index is 0.0145. The number of hydrogen-bond acceptors (Lipinski definition) is 9. The number of rotatable bonds is 7. The van der Waals surface area contributed by atoms with Crippen molar-refractivity contribution in [3.05, 3.63) is 59.0 Å². The van der Waals surface area contributed by atoms with Crippen LogP contribution in [0.3, 0.4) is 0 Å². The lowest BCUT2D eigenvalue weighted by molar-refractivity contribution is -0.139. The van der Waals surface area contributed by atoms with Gasteiger partial charge in [-0.2, -0.15) is 18.2 Å². The van der Waals surface area contributed by atoms with Crippen molar-refractivity contribution in [1.82, 2.24) is 25.5 Å². The first-order chi connectivity index (χ1) is 21.2. The third-order valence-corrected chi connectivity index (χ3v) is 7.36. The Morgan fingerprint density at radius 2 is 1.91 bits per heavy atom. The lowest BCUT2D eigenvalue weighted by atomic mass is 10.0. The average Bonchev–Trinajstić information content (AvgIpc) is 3.08. The van der Waals surface area contributed by atoms with Gasteiger partial charge in [0.25, 0.3) is 11.8 Å². The van der Waals surface area contributed by atoms with Crippen LogP contribution < -0.4 is 30.2 Å². The van der Waals surface area contributed by atoms with Gasteiger partial charge in [0.05, 0.1) is 23.9 Å². The third kappa shape index (κ3) is 7.19. The number of fused-ring (bicyclic) bond motifs is 1.